The van der Waals surface area contributed by atoms with E-state index in [1.165, 1.54) is 13.1 Å². The molecule has 0 aromatic carbocycles. The van der Waals surface area contributed by atoms with Gasteiger partial charge in [-0.25, -0.2) is 0 Å². The Balaban J connectivity index is 2.97. The number of Topliss-reactive ketones (excluding diaryl/α,β-unsaturated/α-hetero) is 1. The van der Waals surface area contributed by atoms with Crippen LogP contribution in [0.2, 0.25) is 0 Å². The van der Waals surface area contributed by atoms with Crippen molar-refractivity contribution in [2.24, 2.45) is 4.99 Å². The molecule has 0 saturated carbocycles. The average Bonchev–Trinajstić information content (AvgIpc) is 2.09. The number of carbonyl (C=O) groups is 1. The summed E-state index contributed by atoms with van der Waals surface area (Å²) in [5, 5.41) is 18.6. The Morgan fingerprint density at radius 3 is 2.77 bits per heavy atom. The molecule has 0 aromatic rings. The van der Waals surface area contributed by atoms with Crippen LogP contribution in [0.25, 0.3) is 0 Å². The van der Waals surface area contributed by atoms with E-state index in [9.17, 15) is 9.90 Å². The van der Waals surface area contributed by atoms with Gasteiger partial charge in [-0.1, -0.05) is 6.92 Å². The molecule has 0 saturated heterocycles. The van der Waals surface area contributed by atoms with E-state index in [0.29, 0.717) is 12.1 Å². The SMILES string of the molecule is CCC1=NC=C(C(C)O)C(=O)C1O. The van der Waals surface area contributed by atoms with Crippen LogP contribution in [0.5, 0.6) is 0 Å². The highest BCUT2D eigenvalue weighted by Crippen LogP contribution is 2.14. The minimum Gasteiger partial charge on any atom is -0.389 e. The molecule has 0 aromatic heterocycles. The molecule has 1 aliphatic heterocycles. The number of hydrogen-bond donors (Lipinski definition) is 2. The number of ketones is 1. The van der Waals surface area contributed by atoms with Crippen LogP contribution in [0.4, 0.5) is 0 Å². The maximum atomic E-state index is 11.4. The smallest absolute Gasteiger partial charge is 0.197 e. The molecule has 0 aliphatic carbocycles. The van der Waals surface area contributed by atoms with Gasteiger partial charge >= 0.3 is 0 Å². The Bertz CT molecular complexity index is 279. The van der Waals surface area contributed by atoms with Gasteiger partial charge in [-0.15, -0.1) is 0 Å². The number of nitrogens with zero attached hydrogens (tertiary/aromatic N) is 1. The number of rotatable bonds is 2. The highest BCUT2D eigenvalue weighted by molar-refractivity contribution is 6.16. The van der Waals surface area contributed by atoms with Gasteiger partial charge in [0.15, 0.2) is 11.9 Å². The van der Waals surface area contributed by atoms with Crippen LogP contribution in [-0.2, 0) is 4.79 Å². The summed E-state index contributed by atoms with van der Waals surface area (Å²) < 4.78 is 0. The van der Waals surface area contributed by atoms with Crippen molar-refractivity contribution < 1.29 is 15.0 Å². The van der Waals surface area contributed by atoms with E-state index in [0.717, 1.165) is 0 Å². The van der Waals surface area contributed by atoms with Crippen molar-refractivity contribution in [3.63, 3.8) is 0 Å². The van der Waals surface area contributed by atoms with Crippen molar-refractivity contribution in [2.75, 3.05) is 0 Å². The monoisotopic (exact) mass is 183 g/mol. The van der Waals surface area contributed by atoms with Crippen LogP contribution in [0.1, 0.15) is 20.3 Å². The first-order valence-electron chi connectivity index (χ1n) is 4.25. The lowest BCUT2D eigenvalue weighted by Gasteiger charge is -2.18. The minimum absolute atomic E-state index is 0.171. The molecular formula is C9H13NO3. The van der Waals surface area contributed by atoms with Gasteiger partial charge in [-0.2, -0.15) is 0 Å². The van der Waals surface area contributed by atoms with Gasteiger partial charge in [-0.05, 0) is 13.3 Å². The third-order valence-electron chi connectivity index (χ3n) is 2.03. The maximum Gasteiger partial charge on any atom is 0.197 e. The van der Waals surface area contributed by atoms with Crippen molar-refractivity contribution in [1.29, 1.82) is 0 Å². The van der Waals surface area contributed by atoms with Gasteiger partial charge in [0.2, 0.25) is 0 Å². The van der Waals surface area contributed by atoms with Crippen molar-refractivity contribution in [1.82, 2.24) is 0 Å². The van der Waals surface area contributed by atoms with E-state index in [4.69, 9.17) is 5.11 Å². The van der Waals surface area contributed by atoms with Gasteiger partial charge in [0.1, 0.15) is 0 Å². The van der Waals surface area contributed by atoms with Gasteiger partial charge in [0.25, 0.3) is 0 Å². The molecule has 2 unspecified atom stereocenters. The Labute approximate surface area is 76.6 Å². The number of hydrogen-bond acceptors (Lipinski definition) is 4. The minimum atomic E-state index is -1.17. The Morgan fingerprint density at radius 2 is 2.31 bits per heavy atom. The highest BCUT2D eigenvalue weighted by atomic mass is 16.3. The molecule has 13 heavy (non-hydrogen) atoms. The molecule has 0 spiro atoms. The Morgan fingerprint density at radius 1 is 1.69 bits per heavy atom. The third kappa shape index (κ3) is 1.84. The topological polar surface area (TPSA) is 69.9 Å². The lowest BCUT2D eigenvalue weighted by atomic mass is 9.96. The van der Waals surface area contributed by atoms with E-state index in [2.05, 4.69) is 4.99 Å². The molecule has 1 rings (SSSR count). The van der Waals surface area contributed by atoms with Crippen LogP contribution >= 0.6 is 0 Å². The molecule has 2 atom stereocenters. The summed E-state index contributed by atoms with van der Waals surface area (Å²) in [6, 6.07) is 0. The van der Waals surface area contributed by atoms with Gasteiger partial charge in [0, 0.05) is 11.8 Å². The summed E-state index contributed by atoms with van der Waals surface area (Å²) in [5.74, 6) is -0.443. The molecule has 0 bridgehead atoms. The first-order chi connectivity index (χ1) is 6.07. The van der Waals surface area contributed by atoms with E-state index < -0.39 is 18.0 Å². The number of carbonyl (C=O) groups excluding carboxylic acids is 1. The van der Waals surface area contributed by atoms with Crippen molar-refractivity contribution in [3.05, 3.63) is 11.8 Å². The summed E-state index contributed by atoms with van der Waals surface area (Å²) in [4.78, 5) is 15.3. The Hall–Kier alpha value is -1.00. The second-order valence-corrected chi connectivity index (χ2v) is 3.00. The average molecular weight is 183 g/mol. The molecule has 1 aliphatic rings. The second-order valence-electron chi connectivity index (χ2n) is 3.00. The molecular weight excluding hydrogens is 170 g/mol. The number of aliphatic imine (C=N–C) groups is 1. The van der Waals surface area contributed by atoms with Crippen LogP contribution in [0.15, 0.2) is 16.8 Å². The zero-order valence-electron chi connectivity index (χ0n) is 7.69. The van der Waals surface area contributed by atoms with E-state index in [1.54, 1.807) is 0 Å². The zero-order valence-corrected chi connectivity index (χ0v) is 7.69. The molecule has 4 nitrogen and oxygen atoms in total. The molecule has 0 fully saturated rings. The summed E-state index contributed by atoms with van der Waals surface area (Å²) in [5.41, 5.74) is 0.624. The quantitative estimate of drug-likeness (QED) is 0.635. The molecule has 72 valence electrons. The van der Waals surface area contributed by atoms with Crippen LogP contribution < -0.4 is 0 Å². The maximum absolute atomic E-state index is 11.4. The first kappa shape index (κ1) is 10.1. The van der Waals surface area contributed by atoms with Crippen molar-refractivity contribution in [3.8, 4) is 0 Å². The number of aliphatic hydroxyl groups is 2. The molecule has 4 heteroatoms. The summed E-state index contributed by atoms with van der Waals surface area (Å²) >= 11 is 0. The molecule has 0 radical (unpaired) electrons. The lowest BCUT2D eigenvalue weighted by molar-refractivity contribution is -0.121. The van der Waals surface area contributed by atoms with E-state index in [-0.39, 0.29) is 5.57 Å². The van der Waals surface area contributed by atoms with Gasteiger partial charge in [0.05, 0.1) is 11.8 Å². The van der Waals surface area contributed by atoms with Crippen molar-refractivity contribution in [2.45, 2.75) is 32.5 Å². The zero-order chi connectivity index (χ0) is 10.0. The standard InChI is InChI=1S/C9H13NO3/c1-3-7-9(13)8(12)6(4-10-7)5(2)11/h4-5,9,11,13H,3H2,1-2H3. The fourth-order valence-electron chi connectivity index (χ4n) is 1.19. The van der Waals surface area contributed by atoms with E-state index in [1.807, 2.05) is 6.92 Å². The summed E-state index contributed by atoms with van der Waals surface area (Å²) in [6.45, 7) is 3.29. The Kier molecular flexibility index (Phi) is 2.95. The van der Waals surface area contributed by atoms with Crippen molar-refractivity contribution >= 4 is 11.5 Å². The van der Waals surface area contributed by atoms with E-state index >= 15 is 0 Å². The highest BCUT2D eigenvalue weighted by Gasteiger charge is 2.28. The first-order valence-corrected chi connectivity index (χ1v) is 4.25. The number of aliphatic hydroxyl groups excluding tert-OH is 2. The summed E-state index contributed by atoms with van der Waals surface area (Å²) in [6.07, 6.45) is -0.168. The largest absolute Gasteiger partial charge is 0.389 e. The lowest BCUT2D eigenvalue weighted by Crippen LogP contribution is -2.35. The summed E-state index contributed by atoms with van der Waals surface area (Å²) in [7, 11) is 0. The fourth-order valence-corrected chi connectivity index (χ4v) is 1.19. The third-order valence-corrected chi connectivity index (χ3v) is 2.03. The van der Waals surface area contributed by atoms with Crippen LogP contribution in [0.3, 0.4) is 0 Å². The molecule has 2 N–H and O–H groups in total. The predicted molar refractivity (Wildman–Crippen MR) is 48.5 cm³/mol. The second kappa shape index (κ2) is 3.81. The van der Waals surface area contributed by atoms with Gasteiger partial charge in [-0.3, -0.25) is 9.79 Å². The normalized spacial score (nSPS) is 25.2. The molecule has 0 amide bonds. The van der Waals surface area contributed by atoms with Crippen LogP contribution in [-0.4, -0.2) is 33.9 Å². The van der Waals surface area contributed by atoms with Crippen LogP contribution in [0, 0.1) is 0 Å². The van der Waals surface area contributed by atoms with Gasteiger partial charge < -0.3 is 10.2 Å². The molecule has 1 heterocycles. The fraction of sp³-hybridized carbons (Fsp3) is 0.556. The predicted octanol–water partition coefficient (Wildman–Crippen LogP) is 0.0457.